The van der Waals surface area contributed by atoms with Gasteiger partial charge in [0.25, 0.3) is 0 Å². The molecule has 8 nitrogen and oxygen atoms in total. The van der Waals surface area contributed by atoms with E-state index < -0.39 is 5.60 Å². The number of fused-ring (bicyclic) bond motifs is 1. The van der Waals surface area contributed by atoms with Crippen LogP contribution >= 0.6 is 11.3 Å². The molecule has 0 unspecified atom stereocenters. The van der Waals surface area contributed by atoms with E-state index >= 15 is 0 Å². The lowest BCUT2D eigenvalue weighted by Gasteiger charge is -2.39. The van der Waals surface area contributed by atoms with Crippen molar-refractivity contribution in [3.63, 3.8) is 0 Å². The highest BCUT2D eigenvalue weighted by atomic mass is 32.1. The van der Waals surface area contributed by atoms with Gasteiger partial charge in [-0.3, -0.25) is 4.90 Å². The maximum atomic E-state index is 12.4. The van der Waals surface area contributed by atoms with Gasteiger partial charge >= 0.3 is 6.09 Å². The fraction of sp³-hybridized carbons (Fsp3) is 0.450. The summed E-state index contributed by atoms with van der Waals surface area (Å²) in [6, 6.07) is 9.94. The first kappa shape index (κ1) is 19.7. The number of rotatable bonds is 3. The van der Waals surface area contributed by atoms with Gasteiger partial charge in [-0.05, 0) is 26.3 Å². The molecule has 4 rings (SSSR count). The highest BCUT2D eigenvalue weighted by molar-refractivity contribution is 7.17. The molecule has 0 spiro atoms. The lowest BCUT2D eigenvalue weighted by Crippen LogP contribution is -2.50. The van der Waals surface area contributed by atoms with Crippen LogP contribution in [-0.2, 0) is 4.74 Å². The number of hydrogen-bond donors (Lipinski definition) is 1. The second-order valence-electron chi connectivity index (χ2n) is 8.06. The number of amides is 1. The number of hydrogen-bond acceptors (Lipinski definition) is 7. The normalized spacial score (nSPS) is 16.9. The molecule has 0 aliphatic carbocycles. The minimum atomic E-state index is -0.509. The first-order valence-corrected chi connectivity index (χ1v) is 10.4. The average Bonchev–Trinajstić information content (AvgIpc) is 3.26. The van der Waals surface area contributed by atoms with E-state index in [0.29, 0.717) is 31.1 Å². The van der Waals surface area contributed by atoms with Crippen molar-refractivity contribution in [2.75, 3.05) is 26.2 Å². The Hall–Kier alpha value is -2.65. The number of nitrogens with zero attached hydrogens (tertiary/aromatic N) is 5. The SMILES string of the molecule is CC(C)(C)OC(=O)N1CCN([C@@H](c2ccccc2)c2sc3ncnn3c2O)CC1. The second-order valence-corrected chi connectivity index (χ2v) is 9.07. The Bertz CT molecular complexity index is 987. The Balaban J connectivity index is 1.58. The molecule has 9 heteroatoms. The summed E-state index contributed by atoms with van der Waals surface area (Å²) in [6.45, 7) is 8.10. The molecule has 1 amide bonds. The third-order valence-electron chi connectivity index (χ3n) is 4.83. The highest BCUT2D eigenvalue weighted by Gasteiger charge is 2.33. The fourth-order valence-electron chi connectivity index (χ4n) is 3.52. The van der Waals surface area contributed by atoms with Gasteiger partial charge in [0.05, 0.1) is 10.9 Å². The summed E-state index contributed by atoms with van der Waals surface area (Å²) in [4.78, 5) is 22.1. The minimum Gasteiger partial charge on any atom is -0.492 e. The van der Waals surface area contributed by atoms with Crippen LogP contribution in [0.4, 0.5) is 4.79 Å². The maximum absolute atomic E-state index is 12.4. The number of thiazole rings is 1. The highest BCUT2D eigenvalue weighted by Crippen LogP contribution is 2.39. The molecule has 0 saturated carbocycles. The van der Waals surface area contributed by atoms with Gasteiger partial charge in [-0.15, -0.1) is 0 Å². The third-order valence-corrected chi connectivity index (χ3v) is 5.92. The van der Waals surface area contributed by atoms with E-state index in [2.05, 4.69) is 27.1 Å². The first-order chi connectivity index (χ1) is 13.8. The molecular weight excluding hydrogens is 390 g/mol. The summed E-state index contributed by atoms with van der Waals surface area (Å²) in [5.41, 5.74) is 0.573. The average molecular weight is 416 g/mol. The maximum Gasteiger partial charge on any atom is 0.410 e. The van der Waals surface area contributed by atoms with Crippen LogP contribution in [0.15, 0.2) is 36.7 Å². The van der Waals surface area contributed by atoms with Crippen molar-refractivity contribution in [1.82, 2.24) is 24.4 Å². The predicted octanol–water partition coefficient (Wildman–Crippen LogP) is 3.14. The van der Waals surface area contributed by atoms with Gasteiger partial charge < -0.3 is 14.7 Å². The molecule has 3 aromatic rings. The van der Waals surface area contributed by atoms with Crippen LogP contribution < -0.4 is 0 Å². The number of piperazine rings is 1. The van der Waals surface area contributed by atoms with Crippen molar-refractivity contribution in [3.8, 4) is 5.88 Å². The molecule has 1 saturated heterocycles. The Labute approximate surface area is 173 Å². The Morgan fingerprint density at radius 3 is 2.48 bits per heavy atom. The van der Waals surface area contributed by atoms with Crippen LogP contribution in [0.25, 0.3) is 4.96 Å². The summed E-state index contributed by atoms with van der Waals surface area (Å²) >= 11 is 1.43. The van der Waals surface area contributed by atoms with Crippen LogP contribution in [0.2, 0.25) is 0 Å². The summed E-state index contributed by atoms with van der Waals surface area (Å²) in [6.07, 6.45) is 1.15. The number of benzene rings is 1. The quantitative estimate of drug-likeness (QED) is 0.708. The lowest BCUT2D eigenvalue weighted by molar-refractivity contribution is 0.0119. The fourth-order valence-corrected chi connectivity index (χ4v) is 4.62. The zero-order valence-electron chi connectivity index (χ0n) is 16.8. The van der Waals surface area contributed by atoms with E-state index in [4.69, 9.17) is 4.74 Å². The van der Waals surface area contributed by atoms with E-state index in [0.717, 1.165) is 10.4 Å². The number of ether oxygens (including phenoxy) is 1. The largest absolute Gasteiger partial charge is 0.492 e. The molecule has 29 heavy (non-hydrogen) atoms. The zero-order valence-corrected chi connectivity index (χ0v) is 17.6. The predicted molar refractivity (Wildman–Crippen MR) is 110 cm³/mol. The lowest BCUT2D eigenvalue weighted by atomic mass is 10.0. The molecule has 3 heterocycles. The zero-order chi connectivity index (χ0) is 20.6. The molecule has 1 atom stereocenters. The van der Waals surface area contributed by atoms with E-state index in [1.807, 2.05) is 39.0 Å². The van der Waals surface area contributed by atoms with Crippen LogP contribution in [0.1, 0.15) is 37.3 Å². The van der Waals surface area contributed by atoms with Crippen LogP contribution in [0.3, 0.4) is 0 Å². The summed E-state index contributed by atoms with van der Waals surface area (Å²) in [5, 5.41) is 14.9. The molecule has 1 N–H and O–H groups in total. The molecule has 154 valence electrons. The van der Waals surface area contributed by atoms with Gasteiger partial charge in [-0.1, -0.05) is 41.7 Å². The molecule has 0 bridgehead atoms. The number of carbonyl (C=O) groups is 1. The van der Waals surface area contributed by atoms with Crippen LogP contribution in [-0.4, -0.2) is 67.4 Å². The molecule has 1 aliphatic rings. The van der Waals surface area contributed by atoms with Gasteiger partial charge in [0.1, 0.15) is 11.9 Å². The van der Waals surface area contributed by atoms with E-state index in [1.165, 1.54) is 22.2 Å². The molecular formula is C20H25N5O3S. The minimum absolute atomic E-state index is 0.117. The van der Waals surface area contributed by atoms with Gasteiger partial charge in [-0.25, -0.2) is 9.78 Å². The summed E-state index contributed by atoms with van der Waals surface area (Å²) in [7, 11) is 0. The summed E-state index contributed by atoms with van der Waals surface area (Å²) in [5.74, 6) is 0.117. The van der Waals surface area contributed by atoms with Gasteiger partial charge in [-0.2, -0.15) is 9.61 Å². The number of aromatic hydroxyl groups is 1. The van der Waals surface area contributed by atoms with Gasteiger partial charge in [0.15, 0.2) is 0 Å². The molecule has 1 fully saturated rings. The van der Waals surface area contributed by atoms with Crippen molar-refractivity contribution in [1.29, 1.82) is 0 Å². The van der Waals surface area contributed by atoms with Gasteiger partial charge in [0.2, 0.25) is 10.8 Å². The Morgan fingerprint density at radius 2 is 1.86 bits per heavy atom. The molecule has 2 aromatic heterocycles. The van der Waals surface area contributed by atoms with Crippen molar-refractivity contribution < 1.29 is 14.6 Å². The van der Waals surface area contributed by atoms with Crippen LogP contribution in [0.5, 0.6) is 5.88 Å². The standard InChI is InChI=1S/C20H25N5O3S/c1-20(2,3)28-19(27)24-11-9-23(10-12-24)15(14-7-5-4-6-8-14)16-17(26)25-18(29-16)21-13-22-25/h4-8,13,15,26H,9-12H2,1-3H3/t15-/m0/s1. The van der Waals surface area contributed by atoms with Crippen molar-refractivity contribution in [2.24, 2.45) is 0 Å². The first-order valence-electron chi connectivity index (χ1n) is 9.62. The smallest absolute Gasteiger partial charge is 0.410 e. The van der Waals surface area contributed by atoms with E-state index in [9.17, 15) is 9.90 Å². The monoisotopic (exact) mass is 415 g/mol. The van der Waals surface area contributed by atoms with E-state index in [-0.39, 0.29) is 18.0 Å². The van der Waals surface area contributed by atoms with Gasteiger partial charge in [0, 0.05) is 26.2 Å². The Morgan fingerprint density at radius 1 is 1.17 bits per heavy atom. The third kappa shape index (κ3) is 4.06. The molecule has 0 radical (unpaired) electrons. The van der Waals surface area contributed by atoms with Crippen molar-refractivity contribution >= 4 is 22.4 Å². The number of aromatic nitrogens is 3. The van der Waals surface area contributed by atoms with Crippen LogP contribution in [0, 0.1) is 0 Å². The van der Waals surface area contributed by atoms with Crippen molar-refractivity contribution in [3.05, 3.63) is 47.1 Å². The molecule has 1 aliphatic heterocycles. The Kier molecular flexibility index (Phi) is 5.18. The topological polar surface area (TPSA) is 83.2 Å². The van der Waals surface area contributed by atoms with Crippen molar-refractivity contribution in [2.45, 2.75) is 32.4 Å². The second kappa shape index (κ2) is 7.64. The van der Waals surface area contributed by atoms with E-state index in [1.54, 1.807) is 4.90 Å². The molecule has 1 aromatic carbocycles. The summed E-state index contributed by atoms with van der Waals surface area (Å²) < 4.78 is 6.97. The number of carbonyl (C=O) groups excluding carboxylic acids is 1.